The number of aromatic nitrogens is 4. The van der Waals surface area contributed by atoms with Crippen LogP contribution in [0.2, 0.25) is 5.02 Å². The minimum atomic E-state index is -0.639. The van der Waals surface area contributed by atoms with Gasteiger partial charge in [0.05, 0.1) is 28.4 Å². The minimum Gasteiger partial charge on any atom is -0.373 e. The Balaban J connectivity index is 0.00000190. The molecular formula is C25H30ClN7O2S2. The summed E-state index contributed by atoms with van der Waals surface area (Å²) in [7, 11) is 1.70. The highest BCUT2D eigenvalue weighted by atomic mass is 35.5. The SMILES string of the molecule is C=CC(=O)N1C[C@@H](n2nc(C#Cc3cc4ncn(C5CC5)c4cc3Cl)c(C(N)=O)c2NC)C[C@@H]1C.S.S. The van der Waals surface area contributed by atoms with E-state index in [1.165, 1.54) is 6.08 Å². The molecule has 1 saturated heterocycles. The molecule has 5 rings (SSSR count). The molecule has 0 bridgehead atoms. The quantitative estimate of drug-likeness (QED) is 0.368. The number of likely N-dealkylation sites (tertiary alicyclic amines) is 1. The van der Waals surface area contributed by atoms with Crippen LogP contribution in [0.3, 0.4) is 0 Å². The topological polar surface area (TPSA) is 111 Å². The van der Waals surface area contributed by atoms with Crippen LogP contribution in [-0.2, 0) is 4.79 Å². The lowest BCUT2D eigenvalue weighted by Crippen LogP contribution is -2.32. The number of anilines is 1. The number of halogens is 1. The molecule has 0 radical (unpaired) electrons. The Bertz CT molecular complexity index is 1430. The van der Waals surface area contributed by atoms with Crippen molar-refractivity contribution in [1.29, 1.82) is 0 Å². The molecular weight excluding hydrogens is 530 g/mol. The number of primary amides is 1. The fraction of sp³-hybridized carbons (Fsp3) is 0.360. The zero-order valence-electron chi connectivity index (χ0n) is 20.6. The number of rotatable bonds is 5. The van der Waals surface area contributed by atoms with Crippen LogP contribution < -0.4 is 11.1 Å². The van der Waals surface area contributed by atoms with Crippen molar-refractivity contribution in [2.24, 2.45) is 5.73 Å². The third-order valence-corrected chi connectivity index (χ3v) is 6.98. The van der Waals surface area contributed by atoms with E-state index < -0.39 is 5.91 Å². The Kier molecular flexibility index (Phi) is 8.57. The van der Waals surface area contributed by atoms with Crippen LogP contribution in [0.4, 0.5) is 5.82 Å². The highest BCUT2D eigenvalue weighted by Crippen LogP contribution is 2.38. The maximum absolute atomic E-state index is 12.4. The highest BCUT2D eigenvalue weighted by Gasteiger charge is 2.35. The van der Waals surface area contributed by atoms with E-state index in [1.54, 1.807) is 16.6 Å². The van der Waals surface area contributed by atoms with E-state index in [1.807, 2.05) is 25.4 Å². The summed E-state index contributed by atoms with van der Waals surface area (Å²) in [6, 6.07) is 4.08. The maximum atomic E-state index is 12.4. The van der Waals surface area contributed by atoms with Crippen LogP contribution in [0.5, 0.6) is 0 Å². The number of fused-ring (bicyclic) bond motifs is 1. The van der Waals surface area contributed by atoms with Crippen LogP contribution in [0.15, 0.2) is 31.1 Å². The van der Waals surface area contributed by atoms with E-state index in [-0.39, 0.29) is 56.2 Å². The van der Waals surface area contributed by atoms with Gasteiger partial charge in [-0.15, -0.1) is 0 Å². The largest absolute Gasteiger partial charge is 0.373 e. The molecule has 2 atom stereocenters. The van der Waals surface area contributed by atoms with E-state index in [4.69, 9.17) is 17.3 Å². The first-order chi connectivity index (χ1) is 16.8. The fourth-order valence-electron chi connectivity index (χ4n) is 4.78. The molecule has 2 amide bonds. The molecule has 0 spiro atoms. The monoisotopic (exact) mass is 559 g/mol. The molecule has 0 unspecified atom stereocenters. The van der Waals surface area contributed by atoms with Gasteiger partial charge in [-0.2, -0.15) is 32.1 Å². The number of carbonyl (C=O) groups excluding carboxylic acids is 2. The van der Waals surface area contributed by atoms with Gasteiger partial charge >= 0.3 is 0 Å². The third kappa shape index (κ3) is 5.19. The van der Waals surface area contributed by atoms with Crippen molar-refractivity contribution in [3.63, 3.8) is 0 Å². The van der Waals surface area contributed by atoms with Crippen LogP contribution in [-0.4, -0.2) is 55.7 Å². The Morgan fingerprint density at radius 2 is 1.97 bits per heavy atom. The number of nitrogens with one attached hydrogen (secondary N) is 1. The molecule has 2 fully saturated rings. The summed E-state index contributed by atoms with van der Waals surface area (Å²) >= 11 is 6.55. The summed E-state index contributed by atoms with van der Waals surface area (Å²) < 4.78 is 3.85. The molecule has 196 valence electrons. The summed E-state index contributed by atoms with van der Waals surface area (Å²) in [5.74, 6) is 5.74. The number of carbonyl (C=O) groups is 2. The van der Waals surface area contributed by atoms with Crippen molar-refractivity contribution >= 4 is 67.3 Å². The van der Waals surface area contributed by atoms with Gasteiger partial charge in [0.1, 0.15) is 11.4 Å². The summed E-state index contributed by atoms with van der Waals surface area (Å²) in [6.07, 6.45) is 6.12. The van der Waals surface area contributed by atoms with Gasteiger partial charge in [0.2, 0.25) is 5.91 Å². The van der Waals surface area contributed by atoms with Crippen molar-refractivity contribution < 1.29 is 9.59 Å². The van der Waals surface area contributed by atoms with E-state index in [0.29, 0.717) is 35.4 Å². The first-order valence-electron chi connectivity index (χ1n) is 11.5. The van der Waals surface area contributed by atoms with Crippen LogP contribution in [0.1, 0.15) is 59.9 Å². The summed E-state index contributed by atoms with van der Waals surface area (Å²) in [4.78, 5) is 30.8. The molecule has 2 aliphatic rings. The minimum absolute atomic E-state index is 0. The summed E-state index contributed by atoms with van der Waals surface area (Å²) in [5.41, 5.74) is 8.57. The Morgan fingerprint density at radius 3 is 2.59 bits per heavy atom. The van der Waals surface area contributed by atoms with Crippen LogP contribution >= 0.6 is 38.6 Å². The van der Waals surface area contributed by atoms with Crippen LogP contribution in [0, 0.1) is 11.8 Å². The lowest BCUT2D eigenvalue weighted by molar-refractivity contribution is -0.126. The maximum Gasteiger partial charge on any atom is 0.255 e. The first kappa shape index (κ1) is 28.5. The van der Waals surface area contributed by atoms with Crippen molar-refractivity contribution in [3.8, 4) is 11.8 Å². The number of hydrogen-bond acceptors (Lipinski definition) is 5. The number of imidazole rings is 1. The average Bonchev–Trinajstić information content (AvgIpc) is 3.31. The van der Waals surface area contributed by atoms with Crippen molar-refractivity contribution in [2.45, 2.75) is 44.3 Å². The Labute approximate surface area is 234 Å². The van der Waals surface area contributed by atoms with E-state index in [0.717, 1.165) is 23.9 Å². The lowest BCUT2D eigenvalue weighted by atomic mass is 10.1. The average molecular weight is 560 g/mol. The van der Waals surface area contributed by atoms with Crippen molar-refractivity contribution in [3.05, 3.63) is 53.0 Å². The van der Waals surface area contributed by atoms with E-state index in [2.05, 4.69) is 38.4 Å². The Morgan fingerprint density at radius 1 is 1.24 bits per heavy atom. The highest BCUT2D eigenvalue weighted by molar-refractivity contribution is 7.59. The van der Waals surface area contributed by atoms with Gasteiger partial charge in [-0.05, 0) is 50.3 Å². The molecule has 1 aliphatic carbocycles. The molecule has 3 N–H and O–H groups in total. The van der Waals surface area contributed by atoms with Gasteiger partial charge in [-0.25, -0.2) is 9.67 Å². The summed E-state index contributed by atoms with van der Waals surface area (Å²) in [5, 5.41) is 8.18. The number of nitrogens with two attached hydrogens (primary N) is 1. The number of benzene rings is 1. The van der Waals surface area contributed by atoms with Gasteiger partial charge in [-0.3, -0.25) is 9.59 Å². The molecule has 37 heavy (non-hydrogen) atoms. The van der Waals surface area contributed by atoms with Crippen molar-refractivity contribution in [2.75, 3.05) is 18.9 Å². The number of nitrogens with zero attached hydrogens (tertiary/aromatic N) is 5. The second kappa shape index (κ2) is 11.1. The lowest BCUT2D eigenvalue weighted by Gasteiger charge is -2.19. The van der Waals surface area contributed by atoms with E-state index >= 15 is 0 Å². The Hall–Kier alpha value is -3.07. The molecule has 9 nitrogen and oxygen atoms in total. The van der Waals surface area contributed by atoms with Crippen molar-refractivity contribution in [1.82, 2.24) is 24.2 Å². The molecule has 3 aromatic rings. The van der Waals surface area contributed by atoms with Gasteiger partial charge in [0.15, 0.2) is 5.69 Å². The molecule has 1 aliphatic heterocycles. The third-order valence-electron chi connectivity index (χ3n) is 6.67. The van der Waals surface area contributed by atoms with Gasteiger partial charge < -0.3 is 20.5 Å². The molecule has 2 aromatic heterocycles. The smallest absolute Gasteiger partial charge is 0.255 e. The number of amides is 2. The molecule has 3 heterocycles. The standard InChI is InChI=1S/C25H26ClN7O2.2H2S/c1-4-22(34)31-12-17(9-14(31)2)33-25(28-3)23(24(27)35)19(30-33)8-5-15-10-20-21(11-18(15)26)32(13-29-20)16-6-7-16;;/h4,10-11,13-14,16-17,28H,1,6-7,9,12H2,2-3H3,(H2,27,35);2*1H2/t14-,17-;;/m0../s1. The number of hydrogen-bond donors (Lipinski definition) is 2. The zero-order chi connectivity index (χ0) is 24.9. The molecule has 1 aromatic carbocycles. The van der Waals surface area contributed by atoms with Gasteiger partial charge in [0, 0.05) is 31.2 Å². The predicted octanol–water partition coefficient (Wildman–Crippen LogP) is 3.34. The summed E-state index contributed by atoms with van der Waals surface area (Å²) in [6.45, 7) is 6.00. The van der Waals surface area contributed by atoms with Crippen LogP contribution in [0.25, 0.3) is 11.0 Å². The molecule has 1 saturated carbocycles. The van der Waals surface area contributed by atoms with Gasteiger partial charge in [0.25, 0.3) is 5.91 Å². The fourth-order valence-corrected chi connectivity index (χ4v) is 4.98. The first-order valence-corrected chi connectivity index (χ1v) is 11.9. The predicted molar refractivity (Wildman–Crippen MR) is 155 cm³/mol. The normalized spacial score (nSPS) is 18.4. The van der Waals surface area contributed by atoms with E-state index in [9.17, 15) is 9.59 Å². The second-order valence-corrected chi connectivity index (χ2v) is 9.43. The van der Waals surface area contributed by atoms with Gasteiger partial charge in [-0.1, -0.05) is 24.1 Å². The molecule has 12 heteroatoms. The zero-order valence-corrected chi connectivity index (χ0v) is 23.3. The second-order valence-electron chi connectivity index (χ2n) is 9.02.